The number of carbonyl (C=O) groups excluding carboxylic acids is 1. The molecule has 0 aromatic heterocycles. The van der Waals surface area contributed by atoms with Crippen molar-refractivity contribution in [2.24, 2.45) is 0 Å². The van der Waals surface area contributed by atoms with Gasteiger partial charge >= 0.3 is 0 Å². The van der Waals surface area contributed by atoms with Gasteiger partial charge in [0.05, 0.1) is 24.2 Å². The first-order valence-electron chi connectivity index (χ1n) is 10.5. The van der Waals surface area contributed by atoms with Crippen molar-refractivity contribution in [3.05, 3.63) is 18.2 Å². The fourth-order valence-electron chi connectivity index (χ4n) is 3.95. The summed E-state index contributed by atoms with van der Waals surface area (Å²) in [5, 5.41) is 0. The number of rotatable bonds is 5. The number of sulfonamides is 1. The van der Waals surface area contributed by atoms with Gasteiger partial charge in [-0.2, -0.15) is 4.31 Å². The van der Waals surface area contributed by atoms with E-state index in [1.807, 2.05) is 9.80 Å². The maximum atomic E-state index is 13.0. The molecule has 1 unspecified atom stereocenters. The second-order valence-corrected chi connectivity index (χ2v) is 9.66. The van der Waals surface area contributed by atoms with Crippen molar-refractivity contribution in [3.8, 4) is 11.5 Å². The molecule has 2 saturated heterocycles. The van der Waals surface area contributed by atoms with E-state index in [-0.39, 0.29) is 16.9 Å². The lowest BCUT2D eigenvalue weighted by Crippen LogP contribution is -2.53. The summed E-state index contributed by atoms with van der Waals surface area (Å²) in [6.07, 6.45) is 0.996. The number of piperazine rings is 1. The summed E-state index contributed by atoms with van der Waals surface area (Å²) in [6, 6.07) is 4.73. The van der Waals surface area contributed by atoms with Gasteiger partial charge in [-0.1, -0.05) is 6.92 Å². The molecule has 0 spiro atoms. The molecule has 4 rings (SSSR count). The maximum absolute atomic E-state index is 13.0. The van der Waals surface area contributed by atoms with E-state index < -0.39 is 10.0 Å². The van der Waals surface area contributed by atoms with Gasteiger partial charge in [-0.15, -0.1) is 0 Å². The molecule has 166 valence electrons. The van der Waals surface area contributed by atoms with Crippen LogP contribution in [0.15, 0.2) is 23.1 Å². The van der Waals surface area contributed by atoms with E-state index in [0.717, 1.165) is 6.42 Å². The van der Waals surface area contributed by atoms with Gasteiger partial charge in [0, 0.05) is 45.3 Å². The number of hydrogen-bond acceptors (Lipinski definition) is 7. The van der Waals surface area contributed by atoms with Crippen LogP contribution in [0.5, 0.6) is 11.5 Å². The Morgan fingerprint density at radius 1 is 1.03 bits per heavy atom. The van der Waals surface area contributed by atoms with Gasteiger partial charge in [0.2, 0.25) is 15.9 Å². The Kier molecular flexibility index (Phi) is 6.47. The standard InChI is InChI=1S/C20H29N3O6S/c1-2-16-14-22(9-10-27-16)20(24)15-21-5-7-23(8-6-21)30(25,26)17-3-4-18-19(13-17)29-12-11-28-18/h3-4,13,16H,2,5-12,14-15H2,1H3. The Bertz CT molecular complexity index is 869. The van der Waals surface area contributed by atoms with Crippen molar-refractivity contribution in [2.75, 3.05) is 65.6 Å². The predicted octanol–water partition coefficient (Wildman–Crippen LogP) is 0.402. The molecule has 9 nitrogen and oxygen atoms in total. The van der Waals surface area contributed by atoms with Crippen LogP contribution in [-0.4, -0.2) is 100 Å². The molecule has 3 aliphatic rings. The predicted molar refractivity (Wildman–Crippen MR) is 109 cm³/mol. The van der Waals surface area contributed by atoms with Crippen LogP contribution < -0.4 is 9.47 Å². The maximum Gasteiger partial charge on any atom is 0.243 e. The van der Waals surface area contributed by atoms with Gasteiger partial charge in [0.25, 0.3) is 0 Å². The average Bonchev–Trinajstić information content (AvgIpc) is 2.79. The summed E-state index contributed by atoms with van der Waals surface area (Å²) in [5.74, 6) is 1.11. The Hall–Kier alpha value is -1.88. The van der Waals surface area contributed by atoms with Gasteiger partial charge in [0.15, 0.2) is 11.5 Å². The molecule has 10 heteroatoms. The molecule has 1 aromatic rings. The van der Waals surface area contributed by atoms with E-state index in [9.17, 15) is 13.2 Å². The van der Waals surface area contributed by atoms with Gasteiger partial charge in [0.1, 0.15) is 13.2 Å². The Labute approximate surface area is 177 Å². The van der Waals surface area contributed by atoms with E-state index in [1.54, 1.807) is 12.1 Å². The zero-order chi connectivity index (χ0) is 21.1. The van der Waals surface area contributed by atoms with Crippen LogP contribution in [0.4, 0.5) is 0 Å². The van der Waals surface area contributed by atoms with Crippen molar-refractivity contribution >= 4 is 15.9 Å². The third-order valence-electron chi connectivity index (χ3n) is 5.79. The summed E-state index contributed by atoms with van der Waals surface area (Å²) in [4.78, 5) is 16.7. The Morgan fingerprint density at radius 3 is 2.50 bits per heavy atom. The number of hydrogen-bond donors (Lipinski definition) is 0. The number of carbonyl (C=O) groups is 1. The van der Waals surface area contributed by atoms with Crippen LogP contribution in [-0.2, 0) is 19.6 Å². The normalized spacial score (nSPS) is 23.4. The lowest BCUT2D eigenvalue weighted by Gasteiger charge is -2.37. The second-order valence-electron chi connectivity index (χ2n) is 7.73. The zero-order valence-electron chi connectivity index (χ0n) is 17.3. The quantitative estimate of drug-likeness (QED) is 0.656. The molecule has 0 saturated carbocycles. The van der Waals surface area contributed by atoms with Crippen LogP contribution >= 0.6 is 0 Å². The van der Waals surface area contributed by atoms with Crippen molar-refractivity contribution in [1.82, 2.24) is 14.1 Å². The molecule has 2 fully saturated rings. The lowest BCUT2D eigenvalue weighted by atomic mass is 10.2. The fraction of sp³-hybridized carbons (Fsp3) is 0.650. The molecule has 0 bridgehead atoms. The van der Waals surface area contributed by atoms with E-state index >= 15 is 0 Å². The largest absolute Gasteiger partial charge is 0.486 e. The van der Waals surface area contributed by atoms with E-state index in [1.165, 1.54) is 10.4 Å². The number of fused-ring (bicyclic) bond motifs is 1. The average molecular weight is 440 g/mol. The lowest BCUT2D eigenvalue weighted by molar-refractivity contribution is -0.140. The number of nitrogens with zero attached hydrogens (tertiary/aromatic N) is 3. The number of morpholine rings is 1. The Balaban J connectivity index is 1.33. The third-order valence-corrected chi connectivity index (χ3v) is 7.68. The van der Waals surface area contributed by atoms with Crippen LogP contribution in [0.2, 0.25) is 0 Å². The SMILES string of the molecule is CCC1CN(C(=O)CN2CCN(S(=O)(=O)c3ccc4c(c3)OCCO4)CC2)CCO1. The van der Waals surface area contributed by atoms with E-state index in [2.05, 4.69) is 6.92 Å². The second kappa shape index (κ2) is 9.09. The molecule has 0 N–H and O–H groups in total. The van der Waals surface area contributed by atoms with E-state index in [0.29, 0.717) is 77.1 Å². The fourth-order valence-corrected chi connectivity index (χ4v) is 5.38. The van der Waals surface area contributed by atoms with E-state index in [4.69, 9.17) is 14.2 Å². The topological polar surface area (TPSA) is 88.6 Å². The van der Waals surface area contributed by atoms with Gasteiger partial charge in [-0.25, -0.2) is 8.42 Å². The highest BCUT2D eigenvalue weighted by molar-refractivity contribution is 7.89. The first-order valence-corrected chi connectivity index (χ1v) is 11.9. The van der Waals surface area contributed by atoms with Gasteiger partial charge in [-0.05, 0) is 18.6 Å². The summed E-state index contributed by atoms with van der Waals surface area (Å²) in [5.41, 5.74) is 0. The molecule has 3 heterocycles. The van der Waals surface area contributed by atoms with Crippen LogP contribution in [0, 0.1) is 0 Å². The number of benzene rings is 1. The number of ether oxygens (including phenoxy) is 3. The molecule has 30 heavy (non-hydrogen) atoms. The number of amides is 1. The van der Waals surface area contributed by atoms with Crippen molar-refractivity contribution < 1.29 is 27.4 Å². The summed E-state index contributed by atoms with van der Waals surface area (Å²) in [7, 11) is -3.62. The van der Waals surface area contributed by atoms with Gasteiger partial charge in [-0.3, -0.25) is 9.69 Å². The molecule has 1 amide bonds. The molecular weight excluding hydrogens is 410 g/mol. The monoisotopic (exact) mass is 439 g/mol. The summed E-state index contributed by atoms with van der Waals surface area (Å²) in [6.45, 7) is 6.82. The molecule has 0 radical (unpaired) electrons. The molecule has 3 aliphatic heterocycles. The first-order chi connectivity index (χ1) is 14.5. The highest BCUT2D eigenvalue weighted by Crippen LogP contribution is 2.33. The minimum atomic E-state index is -3.62. The molecule has 1 aromatic carbocycles. The Morgan fingerprint density at radius 2 is 1.77 bits per heavy atom. The van der Waals surface area contributed by atoms with Crippen molar-refractivity contribution in [2.45, 2.75) is 24.3 Å². The summed E-state index contributed by atoms with van der Waals surface area (Å²) < 4.78 is 44.2. The minimum absolute atomic E-state index is 0.0832. The molecular formula is C20H29N3O6S. The third kappa shape index (κ3) is 4.56. The smallest absolute Gasteiger partial charge is 0.243 e. The minimum Gasteiger partial charge on any atom is -0.486 e. The summed E-state index contributed by atoms with van der Waals surface area (Å²) >= 11 is 0. The highest BCUT2D eigenvalue weighted by atomic mass is 32.2. The highest BCUT2D eigenvalue weighted by Gasteiger charge is 2.31. The molecule has 1 atom stereocenters. The molecule has 0 aliphatic carbocycles. The zero-order valence-corrected chi connectivity index (χ0v) is 18.1. The van der Waals surface area contributed by atoms with Crippen molar-refractivity contribution in [1.29, 1.82) is 0 Å². The van der Waals surface area contributed by atoms with Crippen molar-refractivity contribution in [3.63, 3.8) is 0 Å². The van der Waals surface area contributed by atoms with Gasteiger partial charge < -0.3 is 19.1 Å². The van der Waals surface area contributed by atoms with Crippen LogP contribution in [0.1, 0.15) is 13.3 Å². The first kappa shape index (κ1) is 21.4. The van der Waals surface area contributed by atoms with Crippen LogP contribution in [0.3, 0.4) is 0 Å². The van der Waals surface area contributed by atoms with Crippen LogP contribution in [0.25, 0.3) is 0 Å².